The molecule has 0 saturated carbocycles. The highest BCUT2D eigenvalue weighted by atomic mass is 32.1. The number of thiophene rings is 1. The van der Waals surface area contributed by atoms with Crippen LogP contribution in [-0.4, -0.2) is 24.5 Å². The van der Waals surface area contributed by atoms with Gasteiger partial charge < -0.3 is 10.5 Å². The zero-order valence-corrected chi connectivity index (χ0v) is 13.7. The fourth-order valence-corrected chi connectivity index (χ4v) is 4.10. The number of nitrogens with zero attached hydrogens (tertiary/aromatic N) is 2. The number of rotatable bonds is 3. The molecule has 0 unspecified atom stereocenters. The third-order valence-corrected chi connectivity index (χ3v) is 5.13. The quantitative estimate of drug-likeness (QED) is 0.876. The van der Waals surface area contributed by atoms with Crippen molar-refractivity contribution in [2.75, 3.05) is 19.4 Å². The normalized spacial score (nSPS) is 14.1. The maximum absolute atomic E-state index is 11.9. The minimum atomic E-state index is -0.358. The SMILES string of the molecule is COC(=O)c1c(N)sc2c1CCN(Cc1ccccc1C#N)C2. The first kappa shape index (κ1) is 15.5. The average Bonchev–Trinajstić information content (AvgIpc) is 2.89. The van der Waals surface area contributed by atoms with Crippen molar-refractivity contribution in [2.45, 2.75) is 19.5 Å². The molecule has 5 nitrogen and oxygen atoms in total. The van der Waals surface area contributed by atoms with E-state index in [9.17, 15) is 10.1 Å². The molecule has 2 N–H and O–H groups in total. The Bertz CT molecular complexity index is 792. The minimum absolute atomic E-state index is 0.358. The number of benzene rings is 1. The van der Waals surface area contributed by atoms with Gasteiger partial charge in [-0.3, -0.25) is 4.90 Å². The van der Waals surface area contributed by atoms with Gasteiger partial charge in [0.25, 0.3) is 0 Å². The molecule has 23 heavy (non-hydrogen) atoms. The molecule has 2 heterocycles. The van der Waals surface area contributed by atoms with Crippen molar-refractivity contribution >= 4 is 22.3 Å². The number of nitrogen functional groups attached to an aromatic ring is 1. The lowest BCUT2D eigenvalue weighted by Gasteiger charge is -2.27. The first-order valence-electron chi connectivity index (χ1n) is 7.32. The highest BCUT2D eigenvalue weighted by Gasteiger charge is 2.27. The third-order valence-electron chi connectivity index (χ3n) is 4.08. The summed E-state index contributed by atoms with van der Waals surface area (Å²) < 4.78 is 4.83. The van der Waals surface area contributed by atoms with Crippen molar-refractivity contribution < 1.29 is 9.53 Å². The van der Waals surface area contributed by atoms with Gasteiger partial charge in [0.1, 0.15) is 5.00 Å². The standard InChI is InChI=1S/C17H17N3O2S/c1-22-17(21)15-13-6-7-20(10-14(13)23-16(15)19)9-12-5-3-2-4-11(12)8-18/h2-5H,6-7,9-10,19H2,1H3. The van der Waals surface area contributed by atoms with Crippen LogP contribution in [0.25, 0.3) is 0 Å². The van der Waals surface area contributed by atoms with E-state index in [0.717, 1.165) is 35.5 Å². The van der Waals surface area contributed by atoms with E-state index in [2.05, 4.69) is 11.0 Å². The Morgan fingerprint density at radius 3 is 3.00 bits per heavy atom. The molecule has 1 aliphatic heterocycles. The molecule has 118 valence electrons. The monoisotopic (exact) mass is 327 g/mol. The van der Waals surface area contributed by atoms with Gasteiger partial charge in [-0.15, -0.1) is 11.3 Å². The summed E-state index contributed by atoms with van der Waals surface area (Å²) in [4.78, 5) is 15.3. The van der Waals surface area contributed by atoms with Crippen LogP contribution in [0.5, 0.6) is 0 Å². The summed E-state index contributed by atoms with van der Waals surface area (Å²) >= 11 is 1.46. The maximum atomic E-state index is 11.9. The Morgan fingerprint density at radius 1 is 1.48 bits per heavy atom. The fourth-order valence-electron chi connectivity index (χ4n) is 2.95. The second kappa shape index (κ2) is 6.41. The van der Waals surface area contributed by atoms with Crippen LogP contribution >= 0.6 is 11.3 Å². The van der Waals surface area contributed by atoms with Crippen LogP contribution in [0.15, 0.2) is 24.3 Å². The van der Waals surface area contributed by atoms with Crippen LogP contribution in [0.2, 0.25) is 0 Å². The predicted octanol–water partition coefficient (Wildman–Crippen LogP) is 2.55. The summed E-state index contributed by atoms with van der Waals surface area (Å²) in [6.07, 6.45) is 0.766. The number of ether oxygens (including phenoxy) is 1. The molecule has 3 rings (SSSR count). The van der Waals surface area contributed by atoms with Crippen LogP contribution in [0.4, 0.5) is 5.00 Å². The summed E-state index contributed by atoms with van der Waals surface area (Å²) in [5.74, 6) is -0.358. The summed E-state index contributed by atoms with van der Waals surface area (Å²) in [6, 6.07) is 9.88. The first-order chi connectivity index (χ1) is 11.1. The average molecular weight is 327 g/mol. The highest BCUT2D eigenvalue weighted by Crippen LogP contribution is 2.36. The second-order valence-electron chi connectivity index (χ2n) is 5.46. The van der Waals surface area contributed by atoms with Crippen molar-refractivity contribution in [3.63, 3.8) is 0 Å². The summed E-state index contributed by atoms with van der Waals surface area (Å²) in [7, 11) is 1.37. The van der Waals surface area contributed by atoms with E-state index in [1.165, 1.54) is 18.4 Å². The molecule has 0 spiro atoms. The Balaban J connectivity index is 1.82. The second-order valence-corrected chi connectivity index (χ2v) is 6.60. The number of hydrogen-bond donors (Lipinski definition) is 1. The van der Waals surface area contributed by atoms with Gasteiger partial charge in [-0.2, -0.15) is 5.26 Å². The van der Waals surface area contributed by atoms with Crippen molar-refractivity contribution in [2.24, 2.45) is 0 Å². The number of fused-ring (bicyclic) bond motifs is 1. The maximum Gasteiger partial charge on any atom is 0.341 e. The van der Waals surface area contributed by atoms with E-state index in [1.807, 2.05) is 24.3 Å². The van der Waals surface area contributed by atoms with Gasteiger partial charge in [-0.05, 0) is 23.6 Å². The topological polar surface area (TPSA) is 79.3 Å². The number of carbonyl (C=O) groups excluding carboxylic acids is 1. The van der Waals surface area contributed by atoms with E-state index in [4.69, 9.17) is 10.5 Å². The van der Waals surface area contributed by atoms with Gasteiger partial charge in [0, 0.05) is 24.5 Å². The van der Waals surface area contributed by atoms with Gasteiger partial charge in [0.2, 0.25) is 0 Å². The zero-order chi connectivity index (χ0) is 16.4. The molecule has 6 heteroatoms. The Morgan fingerprint density at radius 2 is 2.26 bits per heavy atom. The first-order valence-corrected chi connectivity index (χ1v) is 8.14. The Labute approximate surface area is 138 Å². The lowest BCUT2D eigenvalue weighted by Crippen LogP contribution is -2.30. The molecule has 0 saturated heterocycles. The predicted molar refractivity (Wildman–Crippen MR) is 89.0 cm³/mol. The smallest absolute Gasteiger partial charge is 0.341 e. The van der Waals surface area contributed by atoms with Gasteiger partial charge in [0.15, 0.2) is 0 Å². The lowest BCUT2D eigenvalue weighted by molar-refractivity contribution is 0.0600. The summed E-state index contributed by atoms with van der Waals surface area (Å²) in [6.45, 7) is 2.28. The molecule has 1 aromatic carbocycles. The minimum Gasteiger partial charge on any atom is -0.465 e. The molecule has 2 aromatic rings. The van der Waals surface area contributed by atoms with Gasteiger partial charge in [-0.1, -0.05) is 18.2 Å². The molecular weight excluding hydrogens is 310 g/mol. The van der Waals surface area contributed by atoms with Crippen molar-refractivity contribution in [1.82, 2.24) is 4.90 Å². The Hall–Kier alpha value is -2.36. The molecule has 0 aliphatic carbocycles. The van der Waals surface area contributed by atoms with E-state index in [0.29, 0.717) is 22.7 Å². The number of anilines is 1. The van der Waals surface area contributed by atoms with Gasteiger partial charge >= 0.3 is 5.97 Å². The highest BCUT2D eigenvalue weighted by molar-refractivity contribution is 7.16. The van der Waals surface area contributed by atoms with Crippen LogP contribution in [0.1, 0.15) is 31.9 Å². The molecule has 0 fully saturated rings. The number of hydrogen-bond acceptors (Lipinski definition) is 6. The van der Waals surface area contributed by atoms with Gasteiger partial charge in [0.05, 0.1) is 24.3 Å². The summed E-state index contributed by atoms with van der Waals surface area (Å²) in [5, 5.41) is 9.73. The third kappa shape index (κ3) is 2.93. The number of carbonyl (C=O) groups is 1. The number of nitrogens with two attached hydrogens (primary N) is 1. The Kier molecular flexibility index (Phi) is 4.33. The molecular formula is C17H17N3O2S. The van der Waals surface area contributed by atoms with Crippen LogP contribution in [0, 0.1) is 11.3 Å². The number of methoxy groups -OCH3 is 1. The number of esters is 1. The molecule has 0 bridgehead atoms. The summed E-state index contributed by atoms with van der Waals surface area (Å²) in [5.41, 5.74) is 9.28. The van der Waals surface area contributed by atoms with E-state index < -0.39 is 0 Å². The van der Waals surface area contributed by atoms with Crippen LogP contribution in [0.3, 0.4) is 0 Å². The molecule has 0 radical (unpaired) electrons. The zero-order valence-electron chi connectivity index (χ0n) is 12.8. The van der Waals surface area contributed by atoms with E-state index >= 15 is 0 Å². The molecule has 0 atom stereocenters. The fraction of sp³-hybridized carbons (Fsp3) is 0.294. The largest absolute Gasteiger partial charge is 0.465 e. The van der Waals surface area contributed by atoms with Crippen LogP contribution < -0.4 is 5.73 Å². The van der Waals surface area contributed by atoms with Crippen LogP contribution in [-0.2, 0) is 24.2 Å². The molecule has 0 amide bonds. The van der Waals surface area contributed by atoms with E-state index in [1.54, 1.807) is 0 Å². The molecule has 1 aliphatic rings. The van der Waals surface area contributed by atoms with Crippen molar-refractivity contribution in [3.8, 4) is 6.07 Å². The van der Waals surface area contributed by atoms with Crippen molar-refractivity contribution in [3.05, 3.63) is 51.4 Å². The van der Waals surface area contributed by atoms with Gasteiger partial charge in [-0.25, -0.2) is 4.79 Å². The van der Waals surface area contributed by atoms with E-state index in [-0.39, 0.29) is 5.97 Å². The van der Waals surface area contributed by atoms with Crippen molar-refractivity contribution in [1.29, 1.82) is 5.26 Å². The molecule has 1 aromatic heterocycles. The number of nitriles is 1. The lowest BCUT2D eigenvalue weighted by atomic mass is 10.0.